The summed E-state index contributed by atoms with van der Waals surface area (Å²) in [7, 11) is 4.02. The minimum absolute atomic E-state index is 0.0250. The van der Waals surface area contributed by atoms with E-state index in [0.29, 0.717) is 0 Å². The van der Waals surface area contributed by atoms with Gasteiger partial charge in [-0.2, -0.15) is 0 Å². The highest BCUT2D eigenvalue weighted by atomic mass is 16.3. The first-order valence-corrected chi connectivity index (χ1v) is 8.40. The van der Waals surface area contributed by atoms with Crippen molar-refractivity contribution in [2.75, 3.05) is 7.05 Å². The molecule has 0 aliphatic carbocycles. The van der Waals surface area contributed by atoms with Crippen LogP contribution >= 0.6 is 0 Å². The molecule has 13 heteroatoms. The first-order chi connectivity index (χ1) is 13.1. The molecule has 1 saturated heterocycles. The normalized spacial score (nSPS) is 22.1. The number of guanidine groups is 1. The Hall–Kier alpha value is -3.51. The first-order valence-electron chi connectivity index (χ1n) is 8.40. The highest BCUT2D eigenvalue weighted by molar-refractivity contribution is 6.03. The molecule has 0 radical (unpaired) electrons. The summed E-state index contributed by atoms with van der Waals surface area (Å²) in [6.45, 7) is 3.61. The minimum Gasteiger partial charge on any atom is -0.493 e. The molecule has 2 atom stereocenters. The fraction of sp³-hybridized carbons (Fsp3) is 0.533. The monoisotopic (exact) mass is 392 g/mol. The van der Waals surface area contributed by atoms with Crippen LogP contribution in [0.2, 0.25) is 0 Å². The maximum Gasteiger partial charge on any atom is 0.333 e. The van der Waals surface area contributed by atoms with Crippen molar-refractivity contribution in [1.82, 2.24) is 24.3 Å². The number of nitrogens with one attached hydrogen (secondary N) is 1. The van der Waals surface area contributed by atoms with Crippen molar-refractivity contribution in [3.8, 4) is 5.88 Å². The van der Waals surface area contributed by atoms with Gasteiger partial charge in [0.25, 0.3) is 11.5 Å². The fourth-order valence-corrected chi connectivity index (χ4v) is 3.10. The zero-order chi connectivity index (χ0) is 20.9. The van der Waals surface area contributed by atoms with Gasteiger partial charge < -0.3 is 14.9 Å². The third-order valence-electron chi connectivity index (χ3n) is 4.68. The molecular formula is C15H20N8O5. The van der Waals surface area contributed by atoms with Crippen LogP contribution in [-0.2, 0) is 18.9 Å². The average Bonchev–Trinajstić information content (AvgIpc) is 3.03. The molecular weight excluding hydrogens is 372 g/mol. The Morgan fingerprint density at radius 2 is 1.71 bits per heavy atom. The molecule has 28 heavy (non-hydrogen) atoms. The van der Waals surface area contributed by atoms with Gasteiger partial charge in [-0.1, -0.05) is 0 Å². The average molecular weight is 392 g/mol. The molecule has 1 aromatic rings. The molecule has 0 aromatic carbocycles. The fourth-order valence-electron chi connectivity index (χ4n) is 3.10. The number of aromatic hydroxyl groups is 1. The van der Waals surface area contributed by atoms with E-state index in [2.05, 4.69) is 20.5 Å². The van der Waals surface area contributed by atoms with Gasteiger partial charge in [0, 0.05) is 27.2 Å². The number of imide groups is 1. The van der Waals surface area contributed by atoms with Gasteiger partial charge in [-0.25, -0.2) is 14.6 Å². The molecule has 3 heterocycles. The molecule has 0 saturated carbocycles. The van der Waals surface area contributed by atoms with Gasteiger partial charge in [0.1, 0.15) is 0 Å². The number of aliphatic imine (C=N–C) groups is 1. The molecule has 13 nitrogen and oxygen atoms in total. The van der Waals surface area contributed by atoms with Gasteiger partial charge in [-0.15, -0.1) is 10.2 Å². The number of carbonyl (C=O) groups is 2. The van der Waals surface area contributed by atoms with E-state index in [0.717, 1.165) is 9.13 Å². The van der Waals surface area contributed by atoms with Crippen LogP contribution in [0.15, 0.2) is 24.8 Å². The minimum atomic E-state index is -0.832. The van der Waals surface area contributed by atoms with Crippen LogP contribution < -0.4 is 16.6 Å². The number of aromatic nitrogens is 2. The summed E-state index contributed by atoms with van der Waals surface area (Å²) in [6.07, 6.45) is -0.797. The number of nitrogens with zero attached hydrogens (tertiary/aromatic N) is 7. The van der Waals surface area contributed by atoms with E-state index in [4.69, 9.17) is 0 Å². The van der Waals surface area contributed by atoms with E-state index < -0.39 is 47.0 Å². The van der Waals surface area contributed by atoms with Gasteiger partial charge in [0.15, 0.2) is 12.2 Å². The molecule has 150 valence electrons. The summed E-state index contributed by atoms with van der Waals surface area (Å²) in [6, 6.07) is -1.61. The number of amides is 3. The summed E-state index contributed by atoms with van der Waals surface area (Å²) in [5.74, 6) is -1.14. The maximum absolute atomic E-state index is 12.3. The van der Waals surface area contributed by atoms with E-state index in [1.165, 1.54) is 26.0 Å². The van der Waals surface area contributed by atoms with Crippen LogP contribution in [0.25, 0.3) is 0 Å². The van der Waals surface area contributed by atoms with Crippen molar-refractivity contribution in [1.29, 1.82) is 0 Å². The number of hydrogen-bond acceptors (Lipinski definition) is 9. The van der Waals surface area contributed by atoms with Crippen LogP contribution in [0.5, 0.6) is 5.88 Å². The topological polar surface area (TPSA) is 154 Å². The smallest absolute Gasteiger partial charge is 0.333 e. The number of fused-ring (bicyclic) bond motifs is 1. The SMILES string of the molecule is CC(C)N1C(N=Nc2c(O)n(C)c(=O)n(C)c2=O)=NC2C1C(=O)NC(=O)N2C. The van der Waals surface area contributed by atoms with Crippen molar-refractivity contribution in [3.05, 3.63) is 20.8 Å². The van der Waals surface area contributed by atoms with E-state index >= 15 is 0 Å². The summed E-state index contributed by atoms with van der Waals surface area (Å²) in [4.78, 5) is 55.4. The van der Waals surface area contributed by atoms with Crippen molar-refractivity contribution in [3.63, 3.8) is 0 Å². The summed E-state index contributed by atoms with van der Waals surface area (Å²) >= 11 is 0. The van der Waals surface area contributed by atoms with Crippen molar-refractivity contribution in [2.45, 2.75) is 32.1 Å². The Balaban J connectivity index is 2.07. The van der Waals surface area contributed by atoms with Crippen molar-refractivity contribution in [2.24, 2.45) is 29.3 Å². The number of likely N-dealkylation sites (N-methyl/N-ethyl adjacent to an activating group) is 1. The van der Waals surface area contributed by atoms with Gasteiger partial charge in [0.2, 0.25) is 17.5 Å². The summed E-state index contributed by atoms with van der Waals surface area (Å²) in [5, 5.41) is 20.1. The quantitative estimate of drug-likeness (QED) is 0.605. The number of urea groups is 1. The van der Waals surface area contributed by atoms with E-state index in [9.17, 15) is 24.3 Å². The van der Waals surface area contributed by atoms with E-state index in [1.807, 2.05) is 0 Å². The Morgan fingerprint density at radius 1 is 1.07 bits per heavy atom. The molecule has 0 spiro atoms. The molecule has 2 aliphatic heterocycles. The molecule has 2 aliphatic rings. The number of hydrogen-bond donors (Lipinski definition) is 2. The van der Waals surface area contributed by atoms with Crippen LogP contribution in [-0.4, -0.2) is 67.2 Å². The largest absolute Gasteiger partial charge is 0.493 e. The number of azo groups is 1. The Bertz CT molecular complexity index is 1040. The predicted molar refractivity (Wildman–Crippen MR) is 96.4 cm³/mol. The van der Waals surface area contributed by atoms with Crippen LogP contribution in [0.4, 0.5) is 10.5 Å². The van der Waals surface area contributed by atoms with Gasteiger partial charge in [-0.05, 0) is 13.8 Å². The summed E-state index contributed by atoms with van der Waals surface area (Å²) < 4.78 is 1.64. The summed E-state index contributed by atoms with van der Waals surface area (Å²) in [5.41, 5.74) is -1.99. The van der Waals surface area contributed by atoms with Crippen LogP contribution in [0, 0.1) is 0 Å². The second-order valence-electron chi connectivity index (χ2n) is 6.77. The van der Waals surface area contributed by atoms with Crippen LogP contribution in [0.3, 0.4) is 0 Å². The zero-order valence-electron chi connectivity index (χ0n) is 15.9. The molecule has 3 amide bonds. The highest BCUT2D eigenvalue weighted by Crippen LogP contribution is 2.27. The van der Waals surface area contributed by atoms with E-state index in [1.54, 1.807) is 18.7 Å². The molecule has 0 bridgehead atoms. The number of carbonyl (C=O) groups excluding carboxylic acids is 2. The van der Waals surface area contributed by atoms with E-state index in [-0.39, 0.29) is 12.0 Å². The highest BCUT2D eigenvalue weighted by Gasteiger charge is 2.49. The Kier molecular flexibility index (Phi) is 4.53. The van der Waals surface area contributed by atoms with Crippen LogP contribution in [0.1, 0.15) is 13.8 Å². The Morgan fingerprint density at radius 3 is 2.32 bits per heavy atom. The van der Waals surface area contributed by atoms with Gasteiger partial charge >= 0.3 is 11.7 Å². The lowest BCUT2D eigenvalue weighted by Gasteiger charge is -2.37. The third kappa shape index (κ3) is 2.75. The first kappa shape index (κ1) is 19.3. The predicted octanol–water partition coefficient (Wildman–Crippen LogP) is -1.17. The lowest BCUT2D eigenvalue weighted by Crippen LogP contribution is -2.64. The maximum atomic E-state index is 12.3. The molecule has 3 rings (SSSR count). The van der Waals surface area contributed by atoms with Gasteiger partial charge in [0.05, 0.1) is 0 Å². The molecule has 2 unspecified atom stereocenters. The van der Waals surface area contributed by atoms with Crippen molar-refractivity contribution < 1.29 is 14.7 Å². The molecule has 1 aromatic heterocycles. The molecule has 2 N–H and O–H groups in total. The Labute approximate surface area is 158 Å². The second kappa shape index (κ2) is 6.58. The third-order valence-corrected chi connectivity index (χ3v) is 4.68. The zero-order valence-corrected chi connectivity index (χ0v) is 15.9. The van der Waals surface area contributed by atoms with Crippen molar-refractivity contribution >= 4 is 23.6 Å². The molecule has 1 fully saturated rings. The number of rotatable bonds is 2. The lowest BCUT2D eigenvalue weighted by molar-refractivity contribution is -0.127. The lowest BCUT2D eigenvalue weighted by atomic mass is 10.1. The van der Waals surface area contributed by atoms with Gasteiger partial charge in [-0.3, -0.25) is 24.0 Å². The second-order valence-corrected chi connectivity index (χ2v) is 6.77. The standard InChI is InChI=1S/C15H20N8O5/c1-6(2)23-8-9(20(3)14(27)17-10(8)24)16-13(23)19-18-7-11(25)21(4)15(28)22(5)12(7)26/h6,8-9,25H,1-5H3,(H,17,24,27).